The van der Waals surface area contributed by atoms with Crippen molar-refractivity contribution in [2.24, 2.45) is 17.4 Å². The van der Waals surface area contributed by atoms with Crippen LogP contribution in [0, 0.1) is 5.92 Å². The molecule has 0 radical (unpaired) electrons. The van der Waals surface area contributed by atoms with E-state index in [2.05, 4.69) is 16.0 Å². The van der Waals surface area contributed by atoms with Crippen LogP contribution >= 0.6 is 11.8 Å². The van der Waals surface area contributed by atoms with Gasteiger partial charge in [0.15, 0.2) is 0 Å². The minimum atomic E-state index is -1.49. The molecule has 4 atom stereocenters. The zero-order chi connectivity index (χ0) is 24.7. The first-order valence-corrected chi connectivity index (χ1v) is 12.2. The predicted molar refractivity (Wildman–Crippen MR) is 124 cm³/mol. The molecule has 3 amide bonds. The summed E-state index contributed by atoms with van der Waals surface area (Å²) in [5, 5.41) is 25.7. The first-order chi connectivity index (χ1) is 15.1. The van der Waals surface area contributed by atoms with E-state index in [-0.39, 0.29) is 12.3 Å². The molecule has 0 aliphatic rings. The van der Waals surface area contributed by atoms with Crippen molar-refractivity contribution in [2.45, 2.75) is 70.1 Å². The van der Waals surface area contributed by atoms with Crippen molar-refractivity contribution in [3.05, 3.63) is 0 Å². The Kier molecular flexibility index (Phi) is 15.7. The molecule has 0 spiro atoms. The topological polar surface area (TPSA) is 197 Å². The molecule has 0 aromatic rings. The molecular formula is C20H39N5O6S. The van der Waals surface area contributed by atoms with Gasteiger partial charge in [0.1, 0.15) is 18.1 Å². The van der Waals surface area contributed by atoms with E-state index in [0.717, 1.165) is 0 Å². The fourth-order valence-corrected chi connectivity index (χ4v) is 3.34. The van der Waals surface area contributed by atoms with Gasteiger partial charge in [-0.2, -0.15) is 11.8 Å². The zero-order valence-electron chi connectivity index (χ0n) is 19.1. The molecule has 32 heavy (non-hydrogen) atoms. The van der Waals surface area contributed by atoms with Gasteiger partial charge in [0.25, 0.3) is 0 Å². The van der Waals surface area contributed by atoms with Gasteiger partial charge in [0, 0.05) is 0 Å². The molecule has 0 bridgehead atoms. The molecule has 186 valence electrons. The number of carbonyl (C=O) groups excluding carboxylic acids is 3. The Hall–Kier alpha value is -1.89. The van der Waals surface area contributed by atoms with Crippen LogP contribution in [0.2, 0.25) is 0 Å². The standard InChI is InChI=1S/C20H39N5O6S/c1-12(2)10-15(24-17(27)13(22)7-9-32-3)19(29)23-14(6-4-5-8-21)18(28)25-16(11-26)20(30)31/h12-16,26H,4-11,21-22H2,1-3H3,(H,23,29)(H,24,27)(H,25,28)(H,30,31). The number of aliphatic hydroxyl groups excluding tert-OH is 1. The van der Waals surface area contributed by atoms with Gasteiger partial charge >= 0.3 is 5.97 Å². The summed E-state index contributed by atoms with van der Waals surface area (Å²) >= 11 is 1.56. The summed E-state index contributed by atoms with van der Waals surface area (Å²) in [6, 6.07) is -4.19. The lowest BCUT2D eigenvalue weighted by atomic mass is 10.0. The predicted octanol–water partition coefficient (Wildman–Crippen LogP) is -1.23. The van der Waals surface area contributed by atoms with E-state index in [1.807, 2.05) is 20.1 Å². The molecular weight excluding hydrogens is 438 g/mol. The maximum Gasteiger partial charge on any atom is 0.328 e. The van der Waals surface area contributed by atoms with Crippen LogP contribution in [-0.4, -0.2) is 83.2 Å². The van der Waals surface area contributed by atoms with Crippen molar-refractivity contribution in [1.82, 2.24) is 16.0 Å². The van der Waals surface area contributed by atoms with Crippen LogP contribution in [0.4, 0.5) is 0 Å². The number of carboxylic acids is 1. The maximum absolute atomic E-state index is 12.9. The summed E-state index contributed by atoms with van der Waals surface area (Å²) in [6.07, 6.45) is 4.05. The van der Waals surface area contributed by atoms with E-state index in [4.69, 9.17) is 21.7 Å². The Morgan fingerprint density at radius 1 is 0.906 bits per heavy atom. The van der Waals surface area contributed by atoms with E-state index in [1.165, 1.54) is 0 Å². The van der Waals surface area contributed by atoms with Crippen LogP contribution in [-0.2, 0) is 19.2 Å². The zero-order valence-corrected chi connectivity index (χ0v) is 20.0. The Morgan fingerprint density at radius 2 is 1.47 bits per heavy atom. The lowest BCUT2D eigenvalue weighted by Crippen LogP contribution is -2.57. The van der Waals surface area contributed by atoms with E-state index in [9.17, 15) is 19.2 Å². The highest BCUT2D eigenvalue weighted by Crippen LogP contribution is 2.09. The number of unbranched alkanes of at least 4 members (excludes halogenated alkanes) is 1. The van der Waals surface area contributed by atoms with Crippen molar-refractivity contribution < 1.29 is 29.4 Å². The molecule has 4 unspecified atom stereocenters. The van der Waals surface area contributed by atoms with Gasteiger partial charge in [-0.25, -0.2) is 4.79 Å². The van der Waals surface area contributed by atoms with Crippen molar-refractivity contribution >= 4 is 35.5 Å². The molecule has 0 fully saturated rings. The van der Waals surface area contributed by atoms with Crippen LogP contribution in [0.25, 0.3) is 0 Å². The minimum Gasteiger partial charge on any atom is -0.480 e. The van der Waals surface area contributed by atoms with Crippen LogP contribution in [0.3, 0.4) is 0 Å². The SMILES string of the molecule is CSCCC(N)C(=O)NC(CC(C)C)C(=O)NC(CCCCN)C(=O)NC(CO)C(=O)O. The Balaban J connectivity index is 5.36. The van der Waals surface area contributed by atoms with Gasteiger partial charge in [-0.05, 0) is 56.6 Å². The summed E-state index contributed by atoms with van der Waals surface area (Å²) in [4.78, 5) is 49.1. The van der Waals surface area contributed by atoms with Gasteiger partial charge < -0.3 is 37.6 Å². The van der Waals surface area contributed by atoms with Gasteiger partial charge in [-0.1, -0.05) is 13.8 Å². The number of rotatable bonds is 17. The van der Waals surface area contributed by atoms with E-state index < -0.39 is 54.5 Å². The number of nitrogens with two attached hydrogens (primary N) is 2. The third-order valence-corrected chi connectivity index (χ3v) is 5.33. The van der Waals surface area contributed by atoms with E-state index in [1.54, 1.807) is 11.8 Å². The van der Waals surface area contributed by atoms with E-state index >= 15 is 0 Å². The second kappa shape index (κ2) is 16.7. The lowest BCUT2D eigenvalue weighted by molar-refractivity contribution is -0.143. The minimum absolute atomic E-state index is 0.0729. The Bertz CT molecular complexity index is 607. The van der Waals surface area contributed by atoms with Gasteiger partial charge in [-0.15, -0.1) is 0 Å². The highest BCUT2D eigenvalue weighted by atomic mass is 32.2. The number of amides is 3. The summed E-state index contributed by atoms with van der Waals surface area (Å²) in [5.41, 5.74) is 11.4. The molecule has 0 aromatic carbocycles. The largest absolute Gasteiger partial charge is 0.480 e. The van der Waals surface area contributed by atoms with Crippen LogP contribution in [0.1, 0.15) is 46.0 Å². The highest BCUT2D eigenvalue weighted by molar-refractivity contribution is 7.98. The molecule has 0 rings (SSSR count). The number of nitrogens with one attached hydrogen (secondary N) is 3. The van der Waals surface area contributed by atoms with E-state index in [0.29, 0.717) is 38.0 Å². The molecule has 0 aliphatic heterocycles. The van der Waals surface area contributed by atoms with Crippen LogP contribution in [0.5, 0.6) is 0 Å². The molecule has 0 heterocycles. The van der Waals surface area contributed by atoms with Crippen molar-refractivity contribution in [1.29, 1.82) is 0 Å². The molecule has 0 aliphatic carbocycles. The Labute approximate surface area is 193 Å². The summed E-state index contributed by atoms with van der Waals surface area (Å²) < 4.78 is 0. The average Bonchev–Trinajstić information content (AvgIpc) is 2.73. The van der Waals surface area contributed by atoms with Crippen LogP contribution in [0.15, 0.2) is 0 Å². The number of thioether (sulfide) groups is 1. The number of aliphatic carboxylic acids is 1. The number of aliphatic hydroxyl groups is 1. The number of carboxylic acid groups (broad SMARTS) is 1. The first-order valence-electron chi connectivity index (χ1n) is 10.8. The lowest BCUT2D eigenvalue weighted by Gasteiger charge is -2.26. The highest BCUT2D eigenvalue weighted by Gasteiger charge is 2.30. The fraction of sp³-hybridized carbons (Fsp3) is 0.800. The second-order valence-electron chi connectivity index (χ2n) is 8.01. The van der Waals surface area contributed by atoms with Gasteiger partial charge in [0.05, 0.1) is 12.6 Å². The summed E-state index contributed by atoms with van der Waals surface area (Å²) in [5.74, 6) is -2.36. The molecule has 0 saturated carbocycles. The first kappa shape index (κ1) is 30.1. The van der Waals surface area contributed by atoms with Crippen molar-refractivity contribution in [3.63, 3.8) is 0 Å². The fourth-order valence-electron chi connectivity index (χ4n) is 2.85. The quantitative estimate of drug-likeness (QED) is 0.125. The van der Waals surface area contributed by atoms with Crippen LogP contribution < -0.4 is 27.4 Å². The van der Waals surface area contributed by atoms with Crippen molar-refractivity contribution in [2.75, 3.05) is 25.2 Å². The summed E-state index contributed by atoms with van der Waals surface area (Å²) in [7, 11) is 0. The normalized spacial score (nSPS) is 14.8. The Morgan fingerprint density at radius 3 is 1.97 bits per heavy atom. The molecule has 11 nitrogen and oxygen atoms in total. The smallest absolute Gasteiger partial charge is 0.328 e. The molecule has 12 heteroatoms. The second-order valence-corrected chi connectivity index (χ2v) is 8.99. The third-order valence-electron chi connectivity index (χ3n) is 4.69. The van der Waals surface area contributed by atoms with Gasteiger partial charge in [-0.3, -0.25) is 14.4 Å². The monoisotopic (exact) mass is 477 g/mol. The average molecular weight is 478 g/mol. The third kappa shape index (κ3) is 12.2. The maximum atomic E-state index is 12.9. The number of carbonyl (C=O) groups is 4. The number of hydrogen-bond acceptors (Lipinski definition) is 8. The molecule has 0 saturated heterocycles. The summed E-state index contributed by atoms with van der Waals surface area (Å²) in [6.45, 7) is 3.40. The van der Waals surface area contributed by atoms with Crippen molar-refractivity contribution in [3.8, 4) is 0 Å². The number of hydrogen-bond donors (Lipinski definition) is 7. The molecule has 9 N–H and O–H groups in total. The van der Waals surface area contributed by atoms with Gasteiger partial charge in [0.2, 0.25) is 17.7 Å². The molecule has 0 aromatic heterocycles.